The van der Waals surface area contributed by atoms with E-state index in [2.05, 4.69) is 9.82 Å². The van der Waals surface area contributed by atoms with E-state index in [-0.39, 0.29) is 17.4 Å². The Labute approximate surface area is 133 Å². The van der Waals surface area contributed by atoms with Crippen molar-refractivity contribution in [3.8, 4) is 5.75 Å². The van der Waals surface area contributed by atoms with Gasteiger partial charge in [-0.3, -0.25) is 14.2 Å². The molecule has 0 unspecified atom stereocenters. The predicted octanol–water partition coefficient (Wildman–Crippen LogP) is 0.966. The molecule has 1 aromatic heterocycles. The lowest BCUT2D eigenvalue weighted by Crippen LogP contribution is -2.38. The number of hydrogen-bond donors (Lipinski definition) is 1. The van der Waals surface area contributed by atoms with Crippen molar-refractivity contribution in [2.24, 2.45) is 7.05 Å². The van der Waals surface area contributed by atoms with Gasteiger partial charge in [0.05, 0.1) is 22.5 Å². The van der Waals surface area contributed by atoms with Crippen LogP contribution in [0, 0.1) is 0 Å². The zero-order chi connectivity index (χ0) is 16.6. The molecule has 0 aliphatic carbocycles. The molecule has 1 aliphatic heterocycles. The Morgan fingerprint density at radius 2 is 2.17 bits per heavy atom. The number of aromatic nitrogens is 2. The Balaban J connectivity index is 1.97. The van der Waals surface area contributed by atoms with Crippen molar-refractivity contribution in [1.82, 2.24) is 9.78 Å². The summed E-state index contributed by atoms with van der Waals surface area (Å²) in [5.41, 5.74) is 0.822. The van der Waals surface area contributed by atoms with Crippen LogP contribution in [0.1, 0.15) is 6.92 Å². The third-order valence-electron chi connectivity index (χ3n) is 3.46. The van der Waals surface area contributed by atoms with Gasteiger partial charge >= 0.3 is 0 Å². The topological polar surface area (TPSA) is 93.5 Å². The first-order valence-electron chi connectivity index (χ1n) is 6.99. The molecule has 0 atom stereocenters. The monoisotopic (exact) mass is 336 g/mol. The van der Waals surface area contributed by atoms with Gasteiger partial charge in [-0.2, -0.15) is 5.10 Å². The summed E-state index contributed by atoms with van der Waals surface area (Å²) in [6, 6.07) is 4.44. The van der Waals surface area contributed by atoms with Crippen molar-refractivity contribution in [2.45, 2.75) is 11.8 Å². The number of fused-ring (bicyclic) bond motifs is 1. The van der Waals surface area contributed by atoms with Crippen LogP contribution in [0.2, 0.25) is 0 Å². The molecule has 1 aromatic carbocycles. The quantitative estimate of drug-likeness (QED) is 0.898. The van der Waals surface area contributed by atoms with E-state index >= 15 is 0 Å². The van der Waals surface area contributed by atoms with Crippen LogP contribution in [0.15, 0.2) is 35.5 Å². The van der Waals surface area contributed by atoms with E-state index in [0.717, 1.165) is 0 Å². The van der Waals surface area contributed by atoms with Crippen molar-refractivity contribution >= 4 is 27.3 Å². The number of aryl methyl sites for hydroxylation is 1. The molecular formula is C14H16N4O4S. The molecule has 0 saturated carbocycles. The summed E-state index contributed by atoms with van der Waals surface area (Å²) in [6.07, 6.45) is 2.97. The Hall–Kier alpha value is -2.55. The number of anilines is 2. The largest absolute Gasteiger partial charge is 0.482 e. The van der Waals surface area contributed by atoms with Gasteiger partial charge in [0.1, 0.15) is 5.75 Å². The Bertz CT molecular complexity index is 859. The molecule has 1 aliphatic rings. The molecule has 0 bridgehead atoms. The fraction of sp³-hybridized carbons (Fsp3) is 0.286. The molecule has 1 amide bonds. The highest BCUT2D eigenvalue weighted by atomic mass is 32.2. The molecular weight excluding hydrogens is 320 g/mol. The van der Waals surface area contributed by atoms with Crippen molar-refractivity contribution < 1.29 is 17.9 Å². The fourth-order valence-corrected chi connectivity index (χ4v) is 3.43. The van der Waals surface area contributed by atoms with Crippen LogP contribution in [0.25, 0.3) is 0 Å². The molecule has 23 heavy (non-hydrogen) atoms. The Morgan fingerprint density at radius 1 is 1.39 bits per heavy atom. The second-order valence-electron chi connectivity index (χ2n) is 5.06. The first kappa shape index (κ1) is 15.3. The maximum Gasteiger partial charge on any atom is 0.265 e. The minimum atomic E-state index is -3.78. The van der Waals surface area contributed by atoms with E-state index in [9.17, 15) is 13.2 Å². The van der Waals surface area contributed by atoms with Crippen LogP contribution in [0.3, 0.4) is 0 Å². The van der Waals surface area contributed by atoms with E-state index in [1.807, 2.05) is 6.92 Å². The third kappa shape index (κ3) is 2.87. The lowest BCUT2D eigenvalue weighted by molar-refractivity contribution is -0.121. The molecule has 9 heteroatoms. The van der Waals surface area contributed by atoms with Crippen LogP contribution in [-0.4, -0.2) is 37.3 Å². The fourth-order valence-electron chi connectivity index (χ4n) is 2.38. The number of nitrogens with zero attached hydrogens (tertiary/aromatic N) is 3. The van der Waals surface area contributed by atoms with E-state index in [1.165, 1.54) is 27.9 Å². The molecule has 0 saturated heterocycles. The molecule has 1 N–H and O–H groups in total. The SMILES string of the molecule is CCN1C(=O)COc2ccc(S(=O)(=O)Nc3cnn(C)c3)cc21. The molecule has 3 rings (SSSR count). The number of sulfonamides is 1. The molecule has 122 valence electrons. The Morgan fingerprint density at radius 3 is 2.83 bits per heavy atom. The second-order valence-corrected chi connectivity index (χ2v) is 6.75. The van der Waals surface area contributed by atoms with Crippen LogP contribution in [0.5, 0.6) is 5.75 Å². The zero-order valence-corrected chi connectivity index (χ0v) is 13.5. The van der Waals surface area contributed by atoms with Crippen LogP contribution in [-0.2, 0) is 21.9 Å². The summed E-state index contributed by atoms with van der Waals surface area (Å²) in [7, 11) is -2.09. The second kappa shape index (κ2) is 5.58. The van der Waals surface area contributed by atoms with Gasteiger partial charge in [-0.05, 0) is 25.1 Å². The highest BCUT2D eigenvalue weighted by Crippen LogP contribution is 2.34. The lowest BCUT2D eigenvalue weighted by Gasteiger charge is -2.28. The highest BCUT2D eigenvalue weighted by molar-refractivity contribution is 7.92. The summed E-state index contributed by atoms with van der Waals surface area (Å²) < 4.78 is 34.2. The first-order valence-corrected chi connectivity index (χ1v) is 8.47. The number of likely N-dealkylation sites (N-methyl/N-ethyl adjacent to an activating group) is 1. The number of nitrogens with one attached hydrogen (secondary N) is 1. The lowest BCUT2D eigenvalue weighted by atomic mass is 10.2. The van der Waals surface area contributed by atoms with E-state index in [4.69, 9.17) is 4.74 Å². The van der Waals surface area contributed by atoms with Gasteiger partial charge in [0.2, 0.25) is 0 Å². The van der Waals surface area contributed by atoms with Gasteiger partial charge < -0.3 is 9.64 Å². The van der Waals surface area contributed by atoms with Gasteiger partial charge in [0.25, 0.3) is 15.9 Å². The van der Waals surface area contributed by atoms with Crippen LogP contribution in [0.4, 0.5) is 11.4 Å². The molecule has 8 nitrogen and oxygen atoms in total. The van der Waals surface area contributed by atoms with Crippen molar-refractivity contribution in [3.05, 3.63) is 30.6 Å². The average molecular weight is 336 g/mol. The maximum atomic E-state index is 12.5. The summed E-state index contributed by atoms with van der Waals surface area (Å²) in [4.78, 5) is 13.4. The summed E-state index contributed by atoms with van der Waals surface area (Å²) >= 11 is 0. The highest BCUT2D eigenvalue weighted by Gasteiger charge is 2.26. The molecule has 0 spiro atoms. The van der Waals surface area contributed by atoms with Crippen molar-refractivity contribution in [2.75, 3.05) is 22.8 Å². The molecule has 2 heterocycles. The average Bonchev–Trinajstić information content (AvgIpc) is 2.91. The van der Waals surface area contributed by atoms with Crippen LogP contribution < -0.4 is 14.4 Å². The molecule has 0 radical (unpaired) electrons. The smallest absolute Gasteiger partial charge is 0.265 e. The number of hydrogen-bond acceptors (Lipinski definition) is 5. The normalized spacial score (nSPS) is 14.3. The standard InChI is InChI=1S/C14H16N4O4S/c1-3-18-12-6-11(4-5-13(12)22-9-14(18)19)23(20,21)16-10-7-15-17(2)8-10/h4-8,16H,3,9H2,1-2H3. The van der Waals surface area contributed by atoms with Gasteiger partial charge in [0.15, 0.2) is 6.61 Å². The number of benzene rings is 1. The number of carbonyl (C=O) groups excluding carboxylic acids is 1. The number of rotatable bonds is 4. The Kier molecular flexibility index (Phi) is 3.72. The number of ether oxygens (including phenoxy) is 1. The number of carbonyl (C=O) groups is 1. The minimum Gasteiger partial charge on any atom is -0.482 e. The minimum absolute atomic E-state index is 0.0408. The van der Waals surface area contributed by atoms with Crippen molar-refractivity contribution in [1.29, 1.82) is 0 Å². The number of amides is 1. The van der Waals surface area contributed by atoms with E-state index in [1.54, 1.807) is 19.3 Å². The summed E-state index contributed by atoms with van der Waals surface area (Å²) in [5.74, 6) is 0.293. The van der Waals surface area contributed by atoms with Crippen LogP contribution >= 0.6 is 0 Å². The van der Waals surface area contributed by atoms with E-state index < -0.39 is 10.0 Å². The molecule has 0 fully saturated rings. The molecule has 2 aromatic rings. The van der Waals surface area contributed by atoms with Crippen molar-refractivity contribution in [3.63, 3.8) is 0 Å². The zero-order valence-electron chi connectivity index (χ0n) is 12.7. The third-order valence-corrected chi connectivity index (χ3v) is 4.84. The van der Waals surface area contributed by atoms with Gasteiger partial charge in [-0.25, -0.2) is 8.42 Å². The van der Waals surface area contributed by atoms with Gasteiger partial charge in [-0.15, -0.1) is 0 Å². The maximum absolute atomic E-state index is 12.5. The summed E-state index contributed by atoms with van der Waals surface area (Å²) in [5, 5.41) is 3.92. The summed E-state index contributed by atoms with van der Waals surface area (Å²) in [6.45, 7) is 2.22. The van der Waals surface area contributed by atoms with Gasteiger partial charge in [-0.1, -0.05) is 0 Å². The predicted molar refractivity (Wildman–Crippen MR) is 84.0 cm³/mol. The van der Waals surface area contributed by atoms with E-state index in [0.29, 0.717) is 23.7 Å². The van der Waals surface area contributed by atoms with Gasteiger partial charge in [0, 0.05) is 19.8 Å². The first-order chi connectivity index (χ1) is 10.9.